The van der Waals surface area contributed by atoms with Crippen LogP contribution in [0.25, 0.3) is 0 Å². The van der Waals surface area contributed by atoms with Crippen LogP contribution in [0.1, 0.15) is 50.4 Å². The number of nitrogens with zero attached hydrogens (tertiary/aromatic N) is 3. The molecule has 1 aliphatic rings. The fraction of sp³-hybridized carbons (Fsp3) is 0.692. The van der Waals surface area contributed by atoms with Crippen LogP contribution in [0.3, 0.4) is 0 Å². The van der Waals surface area contributed by atoms with Crippen molar-refractivity contribution < 1.29 is 0 Å². The molecule has 0 aromatic carbocycles. The molecule has 0 atom stereocenters. The highest BCUT2D eigenvalue weighted by atomic mass is 35.5. The van der Waals surface area contributed by atoms with E-state index >= 15 is 0 Å². The molecule has 0 aliphatic carbocycles. The van der Waals surface area contributed by atoms with Gasteiger partial charge in [-0.15, -0.1) is 0 Å². The molecule has 0 saturated carbocycles. The Bertz CT molecular complexity index is 414. The Balaban J connectivity index is 2.19. The van der Waals surface area contributed by atoms with Crippen molar-refractivity contribution in [1.82, 2.24) is 15.0 Å². The Morgan fingerprint density at radius 2 is 1.83 bits per heavy atom. The summed E-state index contributed by atoms with van der Waals surface area (Å²) in [6.45, 7) is 8.24. The van der Waals surface area contributed by atoms with Crippen LogP contribution in [0, 0.1) is 6.92 Å². The molecule has 2 rings (SSSR count). The van der Waals surface area contributed by atoms with E-state index in [2.05, 4.69) is 34.3 Å². The first-order valence-corrected chi connectivity index (χ1v) is 7.01. The van der Waals surface area contributed by atoms with E-state index < -0.39 is 0 Å². The van der Waals surface area contributed by atoms with Gasteiger partial charge in [-0.25, -0.2) is 15.0 Å². The van der Waals surface area contributed by atoms with Gasteiger partial charge < -0.3 is 5.43 Å². The quantitative estimate of drug-likeness (QED) is 0.854. The zero-order chi connectivity index (χ0) is 13.1. The van der Waals surface area contributed by atoms with Gasteiger partial charge in [-0.2, -0.15) is 0 Å². The van der Waals surface area contributed by atoms with Gasteiger partial charge in [0.1, 0.15) is 16.8 Å². The van der Waals surface area contributed by atoms with Crippen molar-refractivity contribution in [2.45, 2.75) is 46.0 Å². The van der Waals surface area contributed by atoms with Crippen LogP contribution in [0.2, 0.25) is 5.15 Å². The lowest BCUT2D eigenvalue weighted by atomic mass is 10.2. The molecule has 0 unspecified atom stereocenters. The Morgan fingerprint density at radius 3 is 2.44 bits per heavy atom. The molecule has 1 fully saturated rings. The Labute approximate surface area is 114 Å². The van der Waals surface area contributed by atoms with Gasteiger partial charge >= 0.3 is 0 Å². The molecule has 1 saturated heterocycles. The predicted octanol–water partition coefficient (Wildman–Crippen LogP) is 3.37. The van der Waals surface area contributed by atoms with Crippen molar-refractivity contribution in [3.8, 4) is 0 Å². The second kappa shape index (κ2) is 5.85. The summed E-state index contributed by atoms with van der Waals surface area (Å²) in [5.41, 5.74) is 4.31. The van der Waals surface area contributed by atoms with E-state index in [0.717, 1.165) is 30.3 Å². The lowest BCUT2D eigenvalue weighted by Crippen LogP contribution is -2.35. The normalized spacial score (nSPS) is 17.2. The molecular weight excluding hydrogens is 248 g/mol. The van der Waals surface area contributed by atoms with Gasteiger partial charge in [-0.3, -0.25) is 0 Å². The van der Waals surface area contributed by atoms with Gasteiger partial charge in [0, 0.05) is 24.6 Å². The molecule has 0 radical (unpaired) electrons. The summed E-state index contributed by atoms with van der Waals surface area (Å²) < 4.78 is 0. The molecule has 0 spiro atoms. The number of hydrogen-bond donors (Lipinski definition) is 1. The van der Waals surface area contributed by atoms with Crippen molar-refractivity contribution in [1.29, 1.82) is 0 Å². The summed E-state index contributed by atoms with van der Waals surface area (Å²) in [6, 6.07) is 0. The molecule has 100 valence electrons. The largest absolute Gasteiger partial charge is 0.303 e. The topological polar surface area (TPSA) is 41.1 Å². The zero-order valence-corrected chi connectivity index (χ0v) is 12.1. The summed E-state index contributed by atoms with van der Waals surface area (Å²) >= 11 is 6.17. The van der Waals surface area contributed by atoms with E-state index in [9.17, 15) is 0 Å². The molecule has 4 nitrogen and oxygen atoms in total. The Hall–Kier alpha value is -0.870. The van der Waals surface area contributed by atoms with Crippen molar-refractivity contribution in [3.63, 3.8) is 0 Å². The number of nitrogens with one attached hydrogen (secondary N) is 1. The molecule has 1 N–H and O–H groups in total. The highest BCUT2D eigenvalue weighted by molar-refractivity contribution is 6.30. The molecule has 0 amide bonds. The van der Waals surface area contributed by atoms with Crippen LogP contribution in [0.5, 0.6) is 0 Å². The Morgan fingerprint density at radius 1 is 1.17 bits per heavy atom. The number of piperidine rings is 1. The number of anilines is 1. The fourth-order valence-corrected chi connectivity index (χ4v) is 2.20. The smallest absolute Gasteiger partial charge is 0.148 e. The average molecular weight is 269 g/mol. The van der Waals surface area contributed by atoms with Crippen molar-refractivity contribution in [2.24, 2.45) is 0 Å². The van der Waals surface area contributed by atoms with Gasteiger partial charge in [-0.05, 0) is 19.8 Å². The van der Waals surface area contributed by atoms with E-state index in [4.69, 9.17) is 11.6 Å². The van der Waals surface area contributed by atoms with Crippen LogP contribution < -0.4 is 5.43 Å². The molecule has 1 aromatic heterocycles. The Kier molecular flexibility index (Phi) is 4.40. The van der Waals surface area contributed by atoms with Crippen molar-refractivity contribution in [3.05, 3.63) is 16.5 Å². The second-order valence-electron chi connectivity index (χ2n) is 5.16. The maximum absolute atomic E-state index is 6.17. The van der Waals surface area contributed by atoms with E-state index in [1.54, 1.807) is 0 Å². The molecule has 0 bridgehead atoms. The van der Waals surface area contributed by atoms with Crippen LogP contribution >= 0.6 is 11.6 Å². The van der Waals surface area contributed by atoms with Crippen LogP contribution in [0.4, 0.5) is 5.82 Å². The van der Waals surface area contributed by atoms with Gasteiger partial charge in [0.05, 0.1) is 0 Å². The third-order valence-electron chi connectivity index (χ3n) is 3.24. The number of rotatable bonds is 3. The maximum Gasteiger partial charge on any atom is 0.148 e. The molecule has 18 heavy (non-hydrogen) atoms. The van der Waals surface area contributed by atoms with E-state index in [-0.39, 0.29) is 5.92 Å². The number of hydrazine groups is 1. The molecular formula is C13H21ClN4. The number of halogens is 1. The minimum atomic E-state index is 0.282. The molecule has 1 aliphatic heterocycles. The summed E-state index contributed by atoms with van der Waals surface area (Å²) in [7, 11) is 0. The first-order chi connectivity index (χ1) is 8.58. The third-order valence-corrected chi connectivity index (χ3v) is 3.61. The van der Waals surface area contributed by atoms with E-state index in [1.165, 1.54) is 19.3 Å². The summed E-state index contributed by atoms with van der Waals surface area (Å²) in [6.07, 6.45) is 3.79. The number of aromatic nitrogens is 2. The predicted molar refractivity (Wildman–Crippen MR) is 74.9 cm³/mol. The summed E-state index contributed by atoms with van der Waals surface area (Å²) in [4.78, 5) is 8.90. The first kappa shape index (κ1) is 13.6. The maximum atomic E-state index is 6.17. The molecule has 2 heterocycles. The SMILES string of the molecule is Cc1c(Cl)nc(C(C)C)nc1NN1CCCCC1. The van der Waals surface area contributed by atoms with Crippen LogP contribution in [-0.2, 0) is 0 Å². The minimum absolute atomic E-state index is 0.282. The highest BCUT2D eigenvalue weighted by Gasteiger charge is 2.15. The van der Waals surface area contributed by atoms with Gasteiger partial charge in [0.25, 0.3) is 0 Å². The summed E-state index contributed by atoms with van der Waals surface area (Å²) in [5.74, 6) is 1.93. The van der Waals surface area contributed by atoms with Gasteiger partial charge in [0.15, 0.2) is 0 Å². The van der Waals surface area contributed by atoms with E-state index in [0.29, 0.717) is 5.15 Å². The van der Waals surface area contributed by atoms with Crippen LogP contribution in [0.15, 0.2) is 0 Å². The van der Waals surface area contributed by atoms with Gasteiger partial charge in [-0.1, -0.05) is 31.9 Å². The minimum Gasteiger partial charge on any atom is -0.303 e. The average Bonchev–Trinajstić information content (AvgIpc) is 2.35. The second-order valence-corrected chi connectivity index (χ2v) is 5.52. The van der Waals surface area contributed by atoms with E-state index in [1.807, 2.05) is 6.92 Å². The van der Waals surface area contributed by atoms with Crippen LogP contribution in [-0.4, -0.2) is 28.1 Å². The lowest BCUT2D eigenvalue weighted by Gasteiger charge is -2.28. The third kappa shape index (κ3) is 3.12. The van der Waals surface area contributed by atoms with Crippen molar-refractivity contribution in [2.75, 3.05) is 18.5 Å². The molecule has 5 heteroatoms. The highest BCUT2D eigenvalue weighted by Crippen LogP contribution is 2.23. The first-order valence-electron chi connectivity index (χ1n) is 6.63. The fourth-order valence-electron chi connectivity index (χ4n) is 2.03. The lowest BCUT2D eigenvalue weighted by molar-refractivity contribution is 0.272. The summed E-state index contributed by atoms with van der Waals surface area (Å²) in [5, 5.41) is 2.77. The van der Waals surface area contributed by atoms with Crippen molar-refractivity contribution >= 4 is 17.4 Å². The van der Waals surface area contributed by atoms with Gasteiger partial charge in [0.2, 0.25) is 0 Å². The number of hydrogen-bond acceptors (Lipinski definition) is 4. The standard InChI is InChI=1S/C13H21ClN4/c1-9(2)12-15-11(14)10(3)13(16-12)17-18-7-5-4-6-8-18/h9H,4-8H2,1-3H3,(H,15,16,17). The monoisotopic (exact) mass is 268 g/mol. The zero-order valence-electron chi connectivity index (χ0n) is 11.3. The molecule has 1 aromatic rings.